The Kier molecular flexibility index (Phi) is 4.22. The summed E-state index contributed by atoms with van der Waals surface area (Å²) in [5.41, 5.74) is 0. The molecule has 0 radical (unpaired) electrons. The molecule has 2 N–H and O–H groups in total. The van der Waals surface area contributed by atoms with Crippen LogP contribution in [-0.4, -0.2) is 31.0 Å². The topological polar surface area (TPSA) is 96.4 Å². The van der Waals surface area contributed by atoms with Gasteiger partial charge in [-0.05, 0) is 25.7 Å². The van der Waals surface area contributed by atoms with Gasteiger partial charge in [-0.1, -0.05) is 6.42 Å². The van der Waals surface area contributed by atoms with Crippen LogP contribution in [0.15, 0.2) is 10.4 Å². The summed E-state index contributed by atoms with van der Waals surface area (Å²) >= 11 is 1.11. The maximum absolute atomic E-state index is 12.0. The normalized spacial score (nSPS) is 23.6. The zero-order valence-corrected chi connectivity index (χ0v) is 12.1. The van der Waals surface area contributed by atoms with E-state index in [2.05, 4.69) is 9.71 Å². The van der Waals surface area contributed by atoms with Crippen LogP contribution < -0.4 is 4.72 Å². The van der Waals surface area contributed by atoms with Crippen LogP contribution in [0.5, 0.6) is 0 Å². The number of aromatic nitrogens is 1. The van der Waals surface area contributed by atoms with E-state index in [1.165, 1.54) is 6.20 Å². The fourth-order valence-electron chi connectivity index (χ4n) is 2.36. The Labute approximate surface area is 115 Å². The molecule has 1 aliphatic carbocycles. The Morgan fingerprint density at radius 2 is 2.32 bits per heavy atom. The van der Waals surface area contributed by atoms with Crippen molar-refractivity contribution in [3.8, 4) is 0 Å². The van der Waals surface area contributed by atoms with Crippen molar-refractivity contribution in [2.24, 2.45) is 11.8 Å². The van der Waals surface area contributed by atoms with Crippen LogP contribution in [0, 0.1) is 18.8 Å². The van der Waals surface area contributed by atoms with Crippen molar-refractivity contribution in [3.63, 3.8) is 0 Å². The molecule has 0 saturated heterocycles. The predicted octanol–water partition coefficient (Wildman–Crippen LogP) is 1.23. The highest BCUT2D eigenvalue weighted by Crippen LogP contribution is 2.31. The minimum Gasteiger partial charge on any atom is -0.481 e. The molecule has 0 amide bonds. The van der Waals surface area contributed by atoms with Crippen LogP contribution in [0.3, 0.4) is 0 Å². The highest BCUT2D eigenvalue weighted by atomic mass is 32.2. The van der Waals surface area contributed by atoms with Gasteiger partial charge < -0.3 is 5.11 Å². The summed E-state index contributed by atoms with van der Waals surface area (Å²) in [7, 11) is -3.56. The van der Waals surface area contributed by atoms with Crippen LogP contribution in [0.2, 0.25) is 0 Å². The quantitative estimate of drug-likeness (QED) is 0.853. The Morgan fingerprint density at radius 3 is 2.89 bits per heavy atom. The van der Waals surface area contributed by atoms with Gasteiger partial charge in [0.2, 0.25) is 0 Å². The number of sulfonamides is 1. The van der Waals surface area contributed by atoms with Gasteiger partial charge in [0, 0.05) is 6.54 Å². The number of nitrogens with zero attached hydrogens (tertiary/aromatic N) is 1. The Bertz CT molecular complexity index is 567. The molecule has 1 aliphatic rings. The molecular weight excluding hydrogens is 288 g/mol. The monoisotopic (exact) mass is 304 g/mol. The van der Waals surface area contributed by atoms with Gasteiger partial charge in [0.05, 0.1) is 17.1 Å². The zero-order chi connectivity index (χ0) is 14.0. The minimum absolute atomic E-state index is 0.124. The molecule has 0 aliphatic heterocycles. The Morgan fingerprint density at radius 1 is 1.58 bits per heavy atom. The first-order valence-corrected chi connectivity index (χ1v) is 8.35. The highest BCUT2D eigenvalue weighted by molar-refractivity contribution is 7.91. The summed E-state index contributed by atoms with van der Waals surface area (Å²) in [5.74, 6) is -1.40. The van der Waals surface area contributed by atoms with Crippen molar-refractivity contribution in [1.82, 2.24) is 9.71 Å². The second kappa shape index (κ2) is 5.56. The lowest BCUT2D eigenvalue weighted by molar-refractivity contribution is -0.142. The summed E-state index contributed by atoms with van der Waals surface area (Å²) in [6, 6.07) is 0. The number of carbonyl (C=O) groups is 1. The van der Waals surface area contributed by atoms with E-state index < -0.39 is 21.9 Å². The van der Waals surface area contributed by atoms with Gasteiger partial charge >= 0.3 is 5.97 Å². The molecule has 1 fully saturated rings. The van der Waals surface area contributed by atoms with E-state index in [9.17, 15) is 13.2 Å². The molecule has 2 rings (SSSR count). The number of rotatable bonds is 5. The summed E-state index contributed by atoms with van der Waals surface area (Å²) in [4.78, 5) is 14.9. The van der Waals surface area contributed by atoms with Crippen LogP contribution >= 0.6 is 11.3 Å². The third-order valence-electron chi connectivity index (χ3n) is 3.38. The lowest BCUT2D eigenvalue weighted by Crippen LogP contribution is -2.32. The standard InChI is InChI=1S/C11H16N2O4S2/c1-7-12-6-10(18-7)19(16,17)13-5-8-3-2-4-9(8)11(14)15/h6,8-9,13H,2-5H2,1H3,(H,14,15). The molecule has 8 heteroatoms. The van der Waals surface area contributed by atoms with Gasteiger partial charge in [-0.15, -0.1) is 11.3 Å². The first-order valence-electron chi connectivity index (χ1n) is 6.05. The largest absolute Gasteiger partial charge is 0.481 e. The summed E-state index contributed by atoms with van der Waals surface area (Å²) in [5, 5.41) is 9.73. The smallest absolute Gasteiger partial charge is 0.306 e. The summed E-state index contributed by atoms with van der Waals surface area (Å²) in [6.07, 6.45) is 3.54. The number of hydrogen-bond acceptors (Lipinski definition) is 5. The first-order chi connectivity index (χ1) is 8.90. The minimum atomic E-state index is -3.56. The molecule has 1 aromatic heterocycles. The number of thiazole rings is 1. The average molecular weight is 304 g/mol. The Hall–Kier alpha value is -0.990. The van der Waals surface area contributed by atoms with Crippen molar-refractivity contribution in [1.29, 1.82) is 0 Å². The van der Waals surface area contributed by atoms with E-state index in [0.29, 0.717) is 11.4 Å². The number of hydrogen-bond donors (Lipinski definition) is 2. The van der Waals surface area contributed by atoms with Gasteiger partial charge in [0.25, 0.3) is 10.0 Å². The highest BCUT2D eigenvalue weighted by Gasteiger charge is 2.33. The fraction of sp³-hybridized carbons (Fsp3) is 0.636. The molecule has 1 saturated carbocycles. The zero-order valence-electron chi connectivity index (χ0n) is 10.5. The molecule has 106 valence electrons. The van der Waals surface area contributed by atoms with Crippen molar-refractivity contribution < 1.29 is 18.3 Å². The van der Waals surface area contributed by atoms with Crippen LogP contribution in [0.1, 0.15) is 24.3 Å². The third-order valence-corrected chi connectivity index (χ3v) is 6.17. The molecule has 0 bridgehead atoms. The number of aryl methyl sites for hydroxylation is 1. The van der Waals surface area contributed by atoms with Gasteiger partial charge in [-0.2, -0.15) is 0 Å². The predicted molar refractivity (Wildman–Crippen MR) is 70.5 cm³/mol. The molecule has 0 aromatic carbocycles. The maximum atomic E-state index is 12.0. The molecule has 6 nitrogen and oxygen atoms in total. The lowest BCUT2D eigenvalue weighted by atomic mass is 9.97. The number of carboxylic acid groups (broad SMARTS) is 1. The summed E-state index contributed by atoms with van der Waals surface area (Å²) < 4.78 is 26.7. The first kappa shape index (κ1) is 14.4. The van der Waals surface area contributed by atoms with Gasteiger partial charge in [0.1, 0.15) is 0 Å². The van der Waals surface area contributed by atoms with Crippen LogP contribution in [0.25, 0.3) is 0 Å². The number of aliphatic carboxylic acids is 1. The maximum Gasteiger partial charge on any atom is 0.306 e. The summed E-state index contributed by atoms with van der Waals surface area (Å²) in [6.45, 7) is 1.91. The van der Waals surface area contributed by atoms with E-state index in [-0.39, 0.29) is 16.7 Å². The van der Waals surface area contributed by atoms with E-state index in [1.54, 1.807) is 6.92 Å². The fourth-order valence-corrected chi connectivity index (χ4v) is 4.61. The number of nitrogens with one attached hydrogen (secondary N) is 1. The van der Waals surface area contributed by atoms with E-state index >= 15 is 0 Å². The van der Waals surface area contributed by atoms with Crippen molar-refractivity contribution >= 4 is 27.3 Å². The van der Waals surface area contributed by atoms with Crippen molar-refractivity contribution in [2.75, 3.05) is 6.54 Å². The van der Waals surface area contributed by atoms with Gasteiger partial charge in [0.15, 0.2) is 4.21 Å². The molecule has 2 unspecified atom stereocenters. The lowest BCUT2D eigenvalue weighted by Gasteiger charge is -2.15. The second-order valence-corrected chi connectivity index (χ2v) is 7.91. The second-order valence-electron chi connectivity index (χ2n) is 4.69. The van der Waals surface area contributed by atoms with Gasteiger partial charge in [-0.25, -0.2) is 18.1 Å². The van der Waals surface area contributed by atoms with Crippen molar-refractivity contribution in [3.05, 3.63) is 11.2 Å². The molecule has 1 heterocycles. The third kappa shape index (κ3) is 3.31. The molecular formula is C11H16N2O4S2. The average Bonchev–Trinajstić information content (AvgIpc) is 2.94. The van der Waals surface area contributed by atoms with Crippen LogP contribution in [-0.2, 0) is 14.8 Å². The van der Waals surface area contributed by atoms with Crippen LogP contribution in [0.4, 0.5) is 0 Å². The van der Waals surface area contributed by atoms with E-state index in [4.69, 9.17) is 5.11 Å². The van der Waals surface area contributed by atoms with E-state index in [1.807, 2.05) is 0 Å². The SMILES string of the molecule is Cc1ncc(S(=O)(=O)NCC2CCCC2C(=O)O)s1. The molecule has 19 heavy (non-hydrogen) atoms. The molecule has 0 spiro atoms. The van der Waals surface area contributed by atoms with E-state index in [0.717, 1.165) is 24.2 Å². The Balaban J connectivity index is 2.00. The number of carboxylic acids is 1. The molecule has 2 atom stereocenters. The van der Waals surface area contributed by atoms with Gasteiger partial charge in [-0.3, -0.25) is 4.79 Å². The molecule has 1 aromatic rings. The van der Waals surface area contributed by atoms with Crippen molar-refractivity contribution in [2.45, 2.75) is 30.4 Å².